The van der Waals surface area contributed by atoms with Gasteiger partial charge < -0.3 is 15.4 Å². The Kier molecular flexibility index (Phi) is 4.71. The summed E-state index contributed by atoms with van der Waals surface area (Å²) in [6.07, 6.45) is -4.58. The van der Waals surface area contributed by atoms with Crippen LogP contribution in [0.5, 0.6) is 0 Å². The van der Waals surface area contributed by atoms with Crippen LogP contribution in [0, 0.1) is 0 Å². The number of aromatic nitrogens is 2. The van der Waals surface area contributed by atoms with Crippen LogP contribution in [0.3, 0.4) is 0 Å². The highest BCUT2D eigenvalue weighted by Crippen LogP contribution is 2.28. The van der Waals surface area contributed by atoms with Gasteiger partial charge in [0.1, 0.15) is 11.6 Å². The molecule has 5 nitrogen and oxygen atoms in total. The summed E-state index contributed by atoms with van der Waals surface area (Å²) in [6, 6.07) is 1.25. The number of hydrogen-bond donors (Lipinski definition) is 2. The summed E-state index contributed by atoms with van der Waals surface area (Å²) in [7, 11) is 3.00. The second kappa shape index (κ2) is 5.85. The third-order valence-electron chi connectivity index (χ3n) is 2.05. The summed E-state index contributed by atoms with van der Waals surface area (Å²) in [5, 5.41) is 5.38. The molecule has 0 aliphatic carbocycles. The number of ether oxygens (including phenoxy) is 1. The van der Waals surface area contributed by atoms with E-state index in [1.807, 2.05) is 0 Å². The van der Waals surface area contributed by atoms with Crippen LogP contribution < -0.4 is 10.6 Å². The number of rotatable bonds is 5. The van der Waals surface area contributed by atoms with Gasteiger partial charge in [0.25, 0.3) is 0 Å². The van der Waals surface area contributed by atoms with Gasteiger partial charge in [-0.05, 0) is 6.92 Å². The SMILES string of the molecule is CNc1cc(NC(C)COC)nc(C(F)(F)F)n1. The van der Waals surface area contributed by atoms with Crippen LogP contribution in [-0.2, 0) is 10.9 Å². The lowest BCUT2D eigenvalue weighted by Crippen LogP contribution is -2.23. The second-order valence-corrected chi connectivity index (χ2v) is 3.71. The predicted molar refractivity (Wildman–Crippen MR) is 61.5 cm³/mol. The standard InChI is InChI=1S/C10H15F3N4O/c1-6(5-18-3)15-8-4-7(14-2)16-9(17-8)10(11,12)13/h4,6H,5H2,1-3H3,(H2,14,15,16,17). The van der Waals surface area contributed by atoms with E-state index in [2.05, 4.69) is 20.6 Å². The predicted octanol–water partition coefficient (Wildman–Crippen LogP) is 1.98. The van der Waals surface area contributed by atoms with Gasteiger partial charge in [0.2, 0.25) is 5.82 Å². The smallest absolute Gasteiger partial charge is 0.383 e. The first-order valence-corrected chi connectivity index (χ1v) is 5.26. The van der Waals surface area contributed by atoms with E-state index in [0.29, 0.717) is 6.61 Å². The zero-order valence-corrected chi connectivity index (χ0v) is 10.3. The summed E-state index contributed by atoms with van der Waals surface area (Å²) in [5.41, 5.74) is 0. The Bertz CT molecular complexity index is 397. The van der Waals surface area contributed by atoms with Crippen molar-refractivity contribution in [3.05, 3.63) is 11.9 Å². The number of nitrogens with one attached hydrogen (secondary N) is 2. The minimum absolute atomic E-state index is 0.101. The molecule has 0 saturated heterocycles. The molecule has 1 heterocycles. The zero-order valence-electron chi connectivity index (χ0n) is 10.3. The second-order valence-electron chi connectivity index (χ2n) is 3.71. The molecule has 0 fully saturated rings. The quantitative estimate of drug-likeness (QED) is 0.851. The number of halogens is 3. The van der Waals surface area contributed by atoms with Crippen molar-refractivity contribution in [1.29, 1.82) is 0 Å². The molecular weight excluding hydrogens is 249 g/mol. The third kappa shape index (κ3) is 4.02. The highest BCUT2D eigenvalue weighted by atomic mass is 19.4. The summed E-state index contributed by atoms with van der Waals surface area (Å²) < 4.78 is 42.6. The van der Waals surface area contributed by atoms with Crippen LogP contribution >= 0.6 is 0 Å². The molecule has 0 radical (unpaired) electrons. The van der Waals surface area contributed by atoms with Crippen LogP contribution in [0.1, 0.15) is 12.7 Å². The lowest BCUT2D eigenvalue weighted by molar-refractivity contribution is -0.144. The van der Waals surface area contributed by atoms with Crippen molar-refractivity contribution in [1.82, 2.24) is 9.97 Å². The largest absolute Gasteiger partial charge is 0.451 e. The number of hydrogen-bond acceptors (Lipinski definition) is 5. The Morgan fingerprint density at radius 2 is 1.94 bits per heavy atom. The van der Waals surface area contributed by atoms with Gasteiger partial charge in [0.15, 0.2) is 0 Å². The lowest BCUT2D eigenvalue weighted by atomic mass is 10.3. The summed E-state index contributed by atoms with van der Waals surface area (Å²) >= 11 is 0. The molecule has 18 heavy (non-hydrogen) atoms. The molecule has 0 spiro atoms. The minimum atomic E-state index is -4.58. The minimum Gasteiger partial charge on any atom is -0.383 e. The number of methoxy groups -OCH3 is 1. The highest BCUT2D eigenvalue weighted by molar-refractivity contribution is 5.47. The topological polar surface area (TPSA) is 59.1 Å². The Labute approximate surface area is 103 Å². The van der Waals surface area contributed by atoms with Gasteiger partial charge in [-0.25, -0.2) is 9.97 Å². The molecule has 1 aromatic rings. The summed E-state index contributed by atoms with van der Waals surface area (Å²) in [5.74, 6) is -0.975. The Morgan fingerprint density at radius 3 is 2.44 bits per heavy atom. The molecule has 0 aromatic carbocycles. The zero-order chi connectivity index (χ0) is 13.8. The molecule has 1 unspecified atom stereocenters. The highest BCUT2D eigenvalue weighted by Gasteiger charge is 2.35. The Hall–Kier alpha value is -1.57. The molecule has 102 valence electrons. The van der Waals surface area contributed by atoms with E-state index < -0.39 is 12.0 Å². The van der Waals surface area contributed by atoms with Crippen LogP contribution in [0.4, 0.5) is 24.8 Å². The molecule has 8 heteroatoms. The first-order valence-electron chi connectivity index (χ1n) is 5.26. The van der Waals surface area contributed by atoms with E-state index in [1.54, 1.807) is 6.92 Å². The van der Waals surface area contributed by atoms with Gasteiger partial charge in [0, 0.05) is 26.3 Å². The molecular formula is C10H15F3N4O. The molecule has 2 N–H and O–H groups in total. The molecule has 0 bridgehead atoms. The Morgan fingerprint density at radius 1 is 1.33 bits per heavy atom. The molecule has 1 atom stereocenters. The van der Waals surface area contributed by atoms with Crippen LogP contribution in [0.25, 0.3) is 0 Å². The van der Waals surface area contributed by atoms with Crippen molar-refractivity contribution in [2.75, 3.05) is 31.4 Å². The van der Waals surface area contributed by atoms with Crippen molar-refractivity contribution < 1.29 is 17.9 Å². The van der Waals surface area contributed by atoms with E-state index in [4.69, 9.17) is 4.74 Å². The van der Waals surface area contributed by atoms with Crippen molar-refractivity contribution in [2.24, 2.45) is 0 Å². The van der Waals surface area contributed by atoms with E-state index >= 15 is 0 Å². The lowest BCUT2D eigenvalue weighted by Gasteiger charge is -2.15. The van der Waals surface area contributed by atoms with Crippen LogP contribution in [-0.4, -0.2) is 36.8 Å². The number of anilines is 2. The van der Waals surface area contributed by atoms with E-state index in [1.165, 1.54) is 20.2 Å². The molecule has 1 aromatic heterocycles. The Balaban J connectivity index is 2.97. The van der Waals surface area contributed by atoms with Gasteiger partial charge in [0.05, 0.1) is 6.61 Å². The normalized spacial score (nSPS) is 13.2. The van der Waals surface area contributed by atoms with Crippen molar-refractivity contribution in [3.8, 4) is 0 Å². The third-order valence-corrected chi connectivity index (χ3v) is 2.05. The molecule has 0 aliphatic rings. The monoisotopic (exact) mass is 264 g/mol. The van der Waals surface area contributed by atoms with Gasteiger partial charge in [-0.2, -0.15) is 13.2 Å². The van der Waals surface area contributed by atoms with Crippen LogP contribution in [0.2, 0.25) is 0 Å². The maximum Gasteiger partial charge on any atom is 0.451 e. The van der Waals surface area contributed by atoms with Gasteiger partial charge in [-0.3, -0.25) is 0 Å². The fraction of sp³-hybridized carbons (Fsp3) is 0.600. The van der Waals surface area contributed by atoms with Gasteiger partial charge >= 0.3 is 6.18 Å². The van der Waals surface area contributed by atoms with Crippen molar-refractivity contribution >= 4 is 11.6 Å². The van der Waals surface area contributed by atoms with Gasteiger partial charge in [-0.1, -0.05) is 0 Å². The molecule has 0 saturated carbocycles. The van der Waals surface area contributed by atoms with Crippen LogP contribution in [0.15, 0.2) is 6.07 Å². The molecule has 0 amide bonds. The van der Waals surface area contributed by atoms with Gasteiger partial charge in [-0.15, -0.1) is 0 Å². The van der Waals surface area contributed by atoms with E-state index in [0.717, 1.165) is 0 Å². The summed E-state index contributed by atoms with van der Waals surface area (Å²) in [4.78, 5) is 6.79. The van der Waals surface area contributed by atoms with Crippen molar-refractivity contribution in [3.63, 3.8) is 0 Å². The average Bonchev–Trinajstić information content (AvgIpc) is 2.27. The first-order chi connectivity index (χ1) is 8.36. The average molecular weight is 264 g/mol. The molecule has 1 rings (SSSR count). The first kappa shape index (κ1) is 14.5. The molecule has 0 aliphatic heterocycles. The number of nitrogens with zero attached hydrogens (tertiary/aromatic N) is 2. The van der Waals surface area contributed by atoms with Crippen molar-refractivity contribution in [2.45, 2.75) is 19.1 Å². The maximum absolute atomic E-state index is 12.6. The fourth-order valence-electron chi connectivity index (χ4n) is 1.32. The fourth-order valence-corrected chi connectivity index (χ4v) is 1.32. The van der Waals surface area contributed by atoms with E-state index in [9.17, 15) is 13.2 Å². The number of alkyl halides is 3. The maximum atomic E-state index is 12.6. The summed E-state index contributed by atoms with van der Waals surface area (Å²) in [6.45, 7) is 2.14. The van der Waals surface area contributed by atoms with E-state index in [-0.39, 0.29) is 17.7 Å².